The first kappa shape index (κ1) is 21.1. The van der Waals surface area contributed by atoms with Gasteiger partial charge in [0.2, 0.25) is 5.75 Å². The van der Waals surface area contributed by atoms with Crippen LogP contribution in [0.1, 0.15) is 27.2 Å². The van der Waals surface area contributed by atoms with E-state index in [1.54, 1.807) is 38.1 Å². The van der Waals surface area contributed by atoms with Crippen LogP contribution in [-0.2, 0) is 10.0 Å². The maximum absolute atomic E-state index is 13.1. The number of hydrogen-bond donors (Lipinski definition) is 4. The summed E-state index contributed by atoms with van der Waals surface area (Å²) < 4.78 is 28.7. The zero-order chi connectivity index (χ0) is 22.2. The van der Waals surface area contributed by atoms with E-state index in [4.69, 9.17) is 5.11 Å². The summed E-state index contributed by atoms with van der Waals surface area (Å²) in [5, 5.41) is 18.8. The highest BCUT2D eigenvalue weighted by Crippen LogP contribution is 2.30. The molecule has 0 radical (unpaired) electrons. The lowest BCUT2D eigenvalue weighted by molar-refractivity contribution is 0.0686. The third-order valence-electron chi connectivity index (χ3n) is 4.40. The third-order valence-corrected chi connectivity index (χ3v) is 6.07. The van der Waals surface area contributed by atoms with Gasteiger partial charge in [-0.3, -0.25) is 9.52 Å². The van der Waals surface area contributed by atoms with E-state index < -0.39 is 33.0 Å². The maximum Gasteiger partial charge on any atom is 0.358 e. The van der Waals surface area contributed by atoms with E-state index in [1.807, 2.05) is 6.92 Å². The Kier molecular flexibility index (Phi) is 5.36. The van der Waals surface area contributed by atoms with Gasteiger partial charge < -0.3 is 15.2 Å². The Hall–Kier alpha value is -3.66. The summed E-state index contributed by atoms with van der Waals surface area (Å²) in [6.45, 7) is 5.25. The number of aromatic carboxylic acids is 1. The van der Waals surface area contributed by atoms with Gasteiger partial charge in [-0.05, 0) is 44.0 Å². The number of aryl methyl sites for hydroxylation is 3. The smallest absolute Gasteiger partial charge is 0.358 e. The summed E-state index contributed by atoms with van der Waals surface area (Å²) >= 11 is 0. The first-order chi connectivity index (χ1) is 14.0. The number of carboxylic acids is 1. The largest absolute Gasteiger partial charge is 0.501 e. The lowest BCUT2D eigenvalue weighted by Gasteiger charge is -2.16. The van der Waals surface area contributed by atoms with Gasteiger partial charge >= 0.3 is 5.97 Å². The number of H-pyrrole nitrogens is 1. The van der Waals surface area contributed by atoms with Crippen LogP contribution >= 0.6 is 0 Å². The van der Waals surface area contributed by atoms with Crippen molar-refractivity contribution in [3.8, 4) is 17.1 Å². The molecular weight excluding hydrogens is 410 g/mol. The van der Waals surface area contributed by atoms with Crippen molar-refractivity contribution in [1.29, 1.82) is 0 Å². The predicted octanol–water partition coefficient (Wildman–Crippen LogP) is 2.57. The standard InChI is InChI=1S/C20H19N3O6S/c1-10-8-11(2)17(12(3)9-10)30(28,29)23-14-7-5-4-6-13(14)18-21-15(20(26)27)16(24)19(25)22-18/h4-9,23-24H,1-3H3,(H,26,27)(H,21,22,25). The van der Waals surface area contributed by atoms with Crippen LogP contribution in [0.15, 0.2) is 46.1 Å². The molecule has 0 fully saturated rings. The van der Waals surface area contributed by atoms with Crippen molar-refractivity contribution in [3.05, 3.63) is 69.1 Å². The molecule has 156 valence electrons. The van der Waals surface area contributed by atoms with Crippen LogP contribution in [0.5, 0.6) is 5.75 Å². The molecule has 0 aliphatic rings. The van der Waals surface area contributed by atoms with Gasteiger partial charge in [0.05, 0.1) is 10.6 Å². The molecule has 4 N–H and O–H groups in total. The Bertz CT molecular complexity index is 1310. The Morgan fingerprint density at radius 2 is 1.70 bits per heavy atom. The topological polar surface area (TPSA) is 149 Å². The van der Waals surface area contributed by atoms with Crippen molar-refractivity contribution in [2.75, 3.05) is 4.72 Å². The lowest BCUT2D eigenvalue weighted by atomic mass is 10.1. The number of para-hydroxylation sites is 1. The summed E-state index contributed by atoms with van der Waals surface area (Å²) in [4.78, 5) is 29.4. The number of aromatic nitrogens is 2. The van der Waals surface area contributed by atoms with Gasteiger partial charge in [-0.1, -0.05) is 29.8 Å². The van der Waals surface area contributed by atoms with E-state index in [0.29, 0.717) is 11.1 Å². The van der Waals surface area contributed by atoms with Crippen molar-refractivity contribution >= 4 is 21.7 Å². The molecule has 1 aromatic heterocycles. The highest BCUT2D eigenvalue weighted by Gasteiger charge is 2.23. The molecule has 0 aliphatic carbocycles. The molecule has 3 aromatic rings. The van der Waals surface area contributed by atoms with Crippen molar-refractivity contribution in [1.82, 2.24) is 9.97 Å². The number of carbonyl (C=O) groups is 1. The number of anilines is 1. The molecule has 9 nitrogen and oxygen atoms in total. The number of hydrogen-bond acceptors (Lipinski definition) is 6. The number of carboxylic acid groups (broad SMARTS) is 1. The number of benzene rings is 2. The number of aromatic amines is 1. The first-order valence-electron chi connectivity index (χ1n) is 8.78. The zero-order valence-electron chi connectivity index (χ0n) is 16.3. The summed E-state index contributed by atoms with van der Waals surface area (Å²) in [5.74, 6) is -2.83. The minimum Gasteiger partial charge on any atom is -0.501 e. The molecule has 10 heteroatoms. The summed E-state index contributed by atoms with van der Waals surface area (Å²) in [7, 11) is -4.00. The van der Waals surface area contributed by atoms with E-state index in [-0.39, 0.29) is 22.0 Å². The molecule has 0 spiro atoms. The Morgan fingerprint density at radius 1 is 1.10 bits per heavy atom. The summed E-state index contributed by atoms with van der Waals surface area (Å²) in [6, 6.07) is 9.58. The SMILES string of the molecule is Cc1cc(C)c(S(=O)(=O)Nc2ccccc2-c2nc(C(=O)O)c(O)c(=O)[nH]2)c(C)c1. The quantitative estimate of drug-likeness (QED) is 0.487. The average molecular weight is 429 g/mol. The zero-order valence-corrected chi connectivity index (χ0v) is 17.2. The van der Waals surface area contributed by atoms with Crippen LogP contribution in [0.3, 0.4) is 0 Å². The third kappa shape index (κ3) is 3.90. The van der Waals surface area contributed by atoms with Gasteiger partial charge in [-0.25, -0.2) is 18.2 Å². The highest BCUT2D eigenvalue weighted by molar-refractivity contribution is 7.92. The second-order valence-corrected chi connectivity index (χ2v) is 8.42. The molecular formula is C20H19N3O6S. The van der Waals surface area contributed by atoms with Crippen molar-refractivity contribution < 1.29 is 23.4 Å². The van der Waals surface area contributed by atoms with Crippen LogP contribution < -0.4 is 10.3 Å². The summed E-state index contributed by atoms with van der Waals surface area (Å²) in [6.07, 6.45) is 0. The Morgan fingerprint density at radius 3 is 2.30 bits per heavy atom. The lowest BCUT2D eigenvalue weighted by Crippen LogP contribution is -2.18. The van der Waals surface area contributed by atoms with Crippen molar-refractivity contribution in [2.45, 2.75) is 25.7 Å². The van der Waals surface area contributed by atoms with E-state index >= 15 is 0 Å². The van der Waals surface area contributed by atoms with Crippen LogP contribution in [-0.4, -0.2) is 34.6 Å². The van der Waals surface area contributed by atoms with Gasteiger partial charge in [0.25, 0.3) is 15.6 Å². The number of rotatable bonds is 5. The van der Waals surface area contributed by atoms with E-state index in [1.165, 1.54) is 12.1 Å². The highest BCUT2D eigenvalue weighted by atomic mass is 32.2. The Balaban J connectivity index is 2.14. The minimum atomic E-state index is -4.00. The fourth-order valence-electron chi connectivity index (χ4n) is 3.31. The van der Waals surface area contributed by atoms with Crippen LogP contribution in [0, 0.1) is 20.8 Å². The normalized spacial score (nSPS) is 11.3. The first-order valence-corrected chi connectivity index (χ1v) is 10.3. The average Bonchev–Trinajstić information content (AvgIpc) is 2.62. The predicted molar refractivity (Wildman–Crippen MR) is 110 cm³/mol. The van der Waals surface area contributed by atoms with Gasteiger partial charge in [0.1, 0.15) is 5.82 Å². The fourth-order valence-corrected chi connectivity index (χ4v) is 4.84. The molecule has 0 bridgehead atoms. The van der Waals surface area contributed by atoms with Gasteiger partial charge in [-0.15, -0.1) is 0 Å². The van der Waals surface area contributed by atoms with Gasteiger partial charge in [0, 0.05) is 5.56 Å². The maximum atomic E-state index is 13.1. The van der Waals surface area contributed by atoms with E-state index in [2.05, 4.69) is 14.7 Å². The molecule has 30 heavy (non-hydrogen) atoms. The molecule has 0 unspecified atom stereocenters. The molecule has 0 atom stereocenters. The molecule has 0 saturated heterocycles. The van der Waals surface area contributed by atoms with Crippen LogP contribution in [0.25, 0.3) is 11.4 Å². The molecule has 0 amide bonds. The molecule has 1 heterocycles. The molecule has 3 rings (SSSR count). The van der Waals surface area contributed by atoms with E-state index in [0.717, 1.165) is 5.56 Å². The van der Waals surface area contributed by atoms with Crippen molar-refractivity contribution in [2.24, 2.45) is 0 Å². The minimum absolute atomic E-state index is 0.0852. The van der Waals surface area contributed by atoms with Gasteiger partial charge in [0.15, 0.2) is 5.69 Å². The molecule has 2 aromatic carbocycles. The molecule has 0 aliphatic heterocycles. The number of aromatic hydroxyl groups is 1. The Labute approximate surface area is 172 Å². The van der Waals surface area contributed by atoms with Gasteiger partial charge in [-0.2, -0.15) is 0 Å². The second kappa shape index (κ2) is 7.64. The number of nitrogens with one attached hydrogen (secondary N) is 2. The second-order valence-electron chi connectivity index (χ2n) is 6.80. The molecule has 0 saturated carbocycles. The fraction of sp³-hybridized carbons (Fsp3) is 0.150. The summed E-state index contributed by atoms with van der Waals surface area (Å²) in [5.41, 5.74) is 0.405. The van der Waals surface area contributed by atoms with E-state index in [9.17, 15) is 23.1 Å². The number of sulfonamides is 1. The monoisotopic (exact) mass is 429 g/mol. The van der Waals surface area contributed by atoms with Crippen LogP contribution in [0.2, 0.25) is 0 Å². The van der Waals surface area contributed by atoms with Crippen LogP contribution in [0.4, 0.5) is 5.69 Å². The van der Waals surface area contributed by atoms with Crippen molar-refractivity contribution in [3.63, 3.8) is 0 Å². The number of nitrogens with zero attached hydrogens (tertiary/aromatic N) is 1.